The molecular weight excluding hydrogens is 1690 g/mol. The largest absolute Gasteiger partial charge is 0.506 e. The van der Waals surface area contributed by atoms with Crippen molar-refractivity contribution in [3.05, 3.63) is 327 Å². The number of nitrogens with one attached hydrogen (secondary N) is 3. The summed E-state index contributed by atoms with van der Waals surface area (Å²) in [5.74, 6) is 2.18. The first-order valence-corrected chi connectivity index (χ1v) is 42.2. The summed E-state index contributed by atoms with van der Waals surface area (Å²) in [6, 6.07) is 80.5. The van der Waals surface area contributed by atoms with Crippen LogP contribution in [0.5, 0.6) is 5.75 Å². The van der Waals surface area contributed by atoms with Crippen LogP contribution in [0.3, 0.4) is 0 Å². The second kappa shape index (κ2) is 32.8. The van der Waals surface area contributed by atoms with Crippen molar-refractivity contribution in [3.63, 3.8) is 0 Å². The predicted molar refractivity (Wildman–Crippen MR) is 487 cm³/mol. The molecule has 0 radical (unpaired) electrons. The Morgan fingerprint density at radius 2 is 0.805 bits per heavy atom. The first-order chi connectivity index (χ1) is 62.7. The van der Waals surface area contributed by atoms with Gasteiger partial charge in [0.05, 0.1) is 79.3 Å². The number of aromatic nitrogens is 5. The number of nitrogens with zero attached hydrogens (tertiary/aromatic N) is 8. The fourth-order valence-electron chi connectivity index (χ4n) is 17.8. The third kappa shape index (κ3) is 13.7. The summed E-state index contributed by atoms with van der Waals surface area (Å²) in [5, 5.41) is 43.3. The lowest BCUT2D eigenvalue weighted by molar-refractivity contribution is -0.140. The van der Waals surface area contributed by atoms with Gasteiger partial charge >= 0.3 is 5.97 Å². The molecule has 0 unspecified atom stereocenters. The molecule has 5 aromatic heterocycles. The van der Waals surface area contributed by atoms with Crippen LogP contribution in [-0.4, -0.2) is 137 Å². The number of benzene rings is 13. The maximum Gasteiger partial charge on any atom is 0.302 e. The van der Waals surface area contributed by atoms with Crippen LogP contribution in [-0.2, 0) is 14.3 Å². The maximum atomic E-state index is 13.4. The van der Waals surface area contributed by atoms with Crippen LogP contribution in [0.25, 0.3) is 111 Å². The van der Waals surface area contributed by atoms with Crippen LogP contribution in [0.15, 0.2) is 288 Å². The van der Waals surface area contributed by atoms with Crippen molar-refractivity contribution in [2.75, 3.05) is 96.3 Å². The highest BCUT2D eigenvalue weighted by Crippen LogP contribution is 2.50. The normalized spacial score (nSPS) is 13.8. The van der Waals surface area contributed by atoms with E-state index in [1.165, 1.54) is 18.7 Å². The van der Waals surface area contributed by atoms with E-state index in [-0.39, 0.29) is 58.5 Å². The number of piperazine rings is 1. The number of morpholine rings is 1. The number of ketones is 5. The van der Waals surface area contributed by atoms with Gasteiger partial charge in [0.1, 0.15) is 39.9 Å². The molecule has 7 heterocycles. The van der Waals surface area contributed by atoms with Crippen LogP contribution in [0, 0.1) is 0 Å². The molecule has 1 amide bonds. The van der Waals surface area contributed by atoms with Crippen molar-refractivity contribution in [1.29, 1.82) is 0 Å². The van der Waals surface area contributed by atoms with E-state index in [4.69, 9.17) is 32.1 Å². The zero-order valence-electron chi connectivity index (χ0n) is 68.0. The van der Waals surface area contributed by atoms with E-state index in [0.29, 0.717) is 137 Å². The number of phenols is 1. The molecule has 0 bridgehead atoms. The fraction of sp³-hybridized carbons (Fsp3) is 0.109. The Bertz CT molecular complexity index is 7630. The summed E-state index contributed by atoms with van der Waals surface area (Å²) < 4.78 is 38.9. The number of fused-ring (bicyclic) bond motifs is 10. The molecule has 2 saturated heterocycles. The zero-order valence-corrected chi connectivity index (χ0v) is 69.6. The molecule has 26 nitrogen and oxygen atoms in total. The zero-order chi connectivity index (χ0) is 87.0. The van der Waals surface area contributed by atoms with Crippen molar-refractivity contribution in [2.24, 2.45) is 0 Å². The predicted octanol–water partition coefficient (Wildman–Crippen LogP) is 19.8. The Kier molecular flexibility index (Phi) is 20.2. The molecule has 13 aromatic carbocycles. The maximum absolute atomic E-state index is 13.4. The van der Waals surface area contributed by atoms with Crippen LogP contribution < -0.4 is 30.7 Å². The van der Waals surface area contributed by atoms with Gasteiger partial charge < -0.3 is 67.8 Å². The lowest BCUT2D eigenvalue weighted by Gasteiger charge is -2.38. The van der Waals surface area contributed by atoms with Crippen molar-refractivity contribution >= 4 is 151 Å². The first-order valence-electron chi connectivity index (χ1n) is 41.4. The number of aromatic hydroxyl groups is 1. The highest BCUT2D eigenvalue weighted by atomic mass is 79.9. The second-order valence-electron chi connectivity index (χ2n) is 31.0. The number of halogens is 1. The third-order valence-electron chi connectivity index (χ3n) is 23.7. The van der Waals surface area contributed by atoms with E-state index in [0.717, 1.165) is 122 Å². The lowest BCUT2D eigenvalue weighted by Crippen LogP contribution is -2.47. The number of hydrogen-bond donors (Lipinski definition) is 4. The summed E-state index contributed by atoms with van der Waals surface area (Å²) in [4.78, 5) is 96.1. The summed E-state index contributed by atoms with van der Waals surface area (Å²) in [6.07, 6.45) is 0. The third-order valence-corrected chi connectivity index (χ3v) is 24.3. The number of rotatable bonds is 11. The van der Waals surface area contributed by atoms with Crippen molar-refractivity contribution < 1.29 is 70.8 Å². The number of hydrogen-bond acceptors (Lipinski definition) is 25. The summed E-state index contributed by atoms with van der Waals surface area (Å²) >= 11 is 3.48. The molecule has 626 valence electrons. The standard InChI is InChI=1S/C24H19N3O2.C21H12N2O4.C20H12N2O2.C18H13BrN2O4.C18H14N2O3/c28-23-17-8-4-5-9-18(17)24-21-19(25-29-24)10-11-20(22(21)23)27-14-12-26(13-15-27)16-6-2-1-3-7-16;24-16-8-4-3-7-15(16)22-21(26)14-10-9-13-17-18(14)23-27-20(17)12-6-2-1-5-11(12)19(13)25;23-19-13-8-4-5-9-14(13)20-18-16(22-24-20)11-10-15(17(18)19)21-12-6-2-1-3-7-12;1-9(22)24-7-6-20-13-8-12(19)16-15-14(13)17(23)10-4-2-3-5-11(10)18(15)25-21-16;21-17-11-3-1-2-4-12(11)18-15-13(19-23-18)5-6-14(16(15)17)20-7-9-22-10-8-20/h1-11H,12-15H2;1-10,24H,(H,22,26);1-11,21H;2-5,8,20H,6-7H2,1H3;1-6H,7-10H2. The minimum absolute atomic E-state index is 0.00895. The highest BCUT2D eigenvalue weighted by Gasteiger charge is 2.39. The summed E-state index contributed by atoms with van der Waals surface area (Å²) in [7, 11) is 0. The van der Waals surface area contributed by atoms with Gasteiger partial charge in [-0.3, -0.25) is 33.6 Å². The topological polar surface area (TPSA) is 334 Å². The Hall–Kier alpha value is -16.3. The molecule has 0 atom stereocenters. The number of carbonyl (C=O) groups is 7. The number of ether oxygens (including phenoxy) is 2. The summed E-state index contributed by atoms with van der Waals surface area (Å²) in [5.41, 5.74) is 19.2. The van der Waals surface area contributed by atoms with E-state index in [2.05, 4.69) is 96.6 Å². The molecule has 2 aliphatic heterocycles. The number of para-hydroxylation sites is 4. The van der Waals surface area contributed by atoms with Crippen LogP contribution in [0.1, 0.15) is 96.9 Å². The second-order valence-corrected chi connectivity index (χ2v) is 31.9. The summed E-state index contributed by atoms with van der Waals surface area (Å²) in [6.45, 7) is 8.46. The average Bonchev–Trinajstić information content (AvgIpc) is 1.27. The van der Waals surface area contributed by atoms with Gasteiger partial charge in [0.2, 0.25) is 0 Å². The quantitative estimate of drug-likeness (QED) is 0.0531. The van der Waals surface area contributed by atoms with E-state index in [9.17, 15) is 38.7 Å². The van der Waals surface area contributed by atoms with Gasteiger partial charge in [-0.05, 0) is 107 Å². The first kappa shape index (κ1) is 79.0. The molecule has 2 fully saturated rings. The fourth-order valence-corrected chi connectivity index (χ4v) is 18.3. The van der Waals surface area contributed by atoms with Gasteiger partial charge in [-0.15, -0.1) is 0 Å². The van der Waals surface area contributed by atoms with Gasteiger partial charge in [-0.1, -0.05) is 196 Å². The number of anilines is 7. The van der Waals surface area contributed by atoms with Gasteiger partial charge in [-0.2, -0.15) is 0 Å². The molecule has 25 rings (SSSR count). The van der Waals surface area contributed by atoms with Crippen molar-refractivity contribution in [1.82, 2.24) is 25.8 Å². The molecule has 7 aliphatic rings. The molecule has 4 N–H and O–H groups in total. The number of phenolic OH excluding ortho intramolecular Hbond substituents is 1. The van der Waals surface area contributed by atoms with Crippen molar-refractivity contribution in [2.45, 2.75) is 6.92 Å². The Labute approximate surface area is 735 Å². The van der Waals surface area contributed by atoms with Crippen LogP contribution in [0.4, 0.5) is 39.8 Å². The lowest BCUT2D eigenvalue weighted by atomic mass is 9.86. The molecule has 0 saturated carbocycles. The van der Waals surface area contributed by atoms with Gasteiger partial charge in [-0.25, -0.2) is 0 Å². The Morgan fingerprint density at radius 1 is 0.391 bits per heavy atom. The minimum Gasteiger partial charge on any atom is -0.506 e. The van der Waals surface area contributed by atoms with E-state index in [1.54, 1.807) is 60.7 Å². The molecule has 5 aliphatic carbocycles. The van der Waals surface area contributed by atoms with Gasteiger partial charge in [0, 0.05) is 147 Å². The van der Waals surface area contributed by atoms with Gasteiger partial charge in [0.15, 0.2) is 57.7 Å². The SMILES string of the molecule is CC(=O)OCCNc1cc(Br)c2noc3c2c1C(=O)c1ccccc1-3.O=C(Nc1ccccc1O)c1ccc2c3c(onc13)-c1ccccc1C2=O.O=C1c2ccccc2-c2onc3ccc(N4CCN(c5ccccc5)CC4)c1c23.O=C1c2ccccc2-c2onc3ccc(N4CCOCC4)c1c23.O=C1c2ccccc2-c2onc3ccc(Nc4ccccc4)c1c23. The molecule has 0 spiro atoms. The highest BCUT2D eigenvalue weighted by molar-refractivity contribution is 9.10. The number of amides is 1. The van der Waals surface area contributed by atoms with Crippen molar-refractivity contribution in [3.8, 4) is 62.4 Å². The van der Waals surface area contributed by atoms with Gasteiger partial charge in [0.25, 0.3) is 5.91 Å². The Balaban J connectivity index is 0.0000000975. The van der Waals surface area contributed by atoms with E-state index in [1.807, 2.05) is 170 Å². The van der Waals surface area contributed by atoms with E-state index >= 15 is 0 Å². The van der Waals surface area contributed by atoms with Crippen LogP contribution >= 0.6 is 15.9 Å². The molecule has 18 aromatic rings. The smallest absolute Gasteiger partial charge is 0.302 e. The molecule has 128 heavy (non-hydrogen) atoms. The molecule has 27 heteroatoms. The number of esters is 1. The Morgan fingerprint density at radius 3 is 1.33 bits per heavy atom. The average molecular weight is 1760 g/mol. The monoisotopic (exact) mass is 1760 g/mol. The van der Waals surface area contributed by atoms with E-state index < -0.39 is 5.91 Å². The van der Waals surface area contributed by atoms with Crippen LogP contribution in [0.2, 0.25) is 0 Å². The number of carbonyl (C=O) groups excluding carboxylic acids is 7. The molecular formula is C101H70BrN11O15. The minimum atomic E-state index is -0.450.